The lowest BCUT2D eigenvalue weighted by Crippen LogP contribution is -2.12. The molecule has 122 valence electrons. The Labute approximate surface area is 137 Å². The molecule has 0 spiro atoms. The molecule has 4 heteroatoms. The van der Waals surface area contributed by atoms with E-state index in [2.05, 4.69) is 26.0 Å². The third-order valence-electron chi connectivity index (χ3n) is 4.62. The molecular weight excluding hydrogens is 290 g/mol. The minimum absolute atomic E-state index is 0.148. The molecule has 0 amide bonds. The topological polar surface area (TPSA) is 53.7 Å². The highest BCUT2D eigenvalue weighted by Gasteiger charge is 2.35. The van der Waals surface area contributed by atoms with Crippen molar-refractivity contribution in [1.82, 2.24) is 0 Å². The zero-order valence-electron chi connectivity index (χ0n) is 14.3. The molecule has 1 unspecified atom stereocenters. The fourth-order valence-corrected chi connectivity index (χ4v) is 3.78. The van der Waals surface area contributed by atoms with Crippen LogP contribution in [0.3, 0.4) is 0 Å². The molecule has 0 fully saturated rings. The molecule has 0 heterocycles. The first-order chi connectivity index (χ1) is 11.1. The molecule has 2 N–H and O–H groups in total. The summed E-state index contributed by atoms with van der Waals surface area (Å²) in [4.78, 5) is 0. The van der Waals surface area contributed by atoms with Crippen LogP contribution < -0.4 is 19.9 Å². The van der Waals surface area contributed by atoms with Crippen LogP contribution in [-0.4, -0.2) is 27.9 Å². The molecule has 0 saturated carbocycles. The molecule has 0 aliphatic heterocycles. The van der Waals surface area contributed by atoms with Crippen molar-refractivity contribution >= 4 is 0 Å². The van der Waals surface area contributed by atoms with E-state index in [1.54, 1.807) is 21.3 Å². The summed E-state index contributed by atoms with van der Waals surface area (Å²) in [6, 6.07) is 6.43. The van der Waals surface area contributed by atoms with Crippen LogP contribution in [0.25, 0.3) is 11.1 Å². The molecule has 0 saturated heterocycles. The van der Waals surface area contributed by atoms with E-state index in [1.165, 1.54) is 22.3 Å². The number of rotatable bonds is 4. The van der Waals surface area contributed by atoms with Crippen molar-refractivity contribution in [2.75, 3.05) is 27.9 Å². The van der Waals surface area contributed by atoms with Gasteiger partial charge in [-0.25, -0.2) is 0 Å². The first kappa shape index (κ1) is 15.7. The zero-order valence-corrected chi connectivity index (χ0v) is 14.3. The van der Waals surface area contributed by atoms with Gasteiger partial charge >= 0.3 is 0 Å². The van der Waals surface area contributed by atoms with E-state index in [0.29, 0.717) is 23.8 Å². The highest BCUT2D eigenvalue weighted by Crippen LogP contribution is 2.55. The molecular formula is C19H23NO3. The van der Waals surface area contributed by atoms with E-state index in [4.69, 9.17) is 19.9 Å². The van der Waals surface area contributed by atoms with Crippen molar-refractivity contribution in [3.8, 4) is 28.4 Å². The minimum atomic E-state index is 0.148. The van der Waals surface area contributed by atoms with E-state index in [-0.39, 0.29) is 5.92 Å². The monoisotopic (exact) mass is 313 g/mol. The number of benzene rings is 2. The summed E-state index contributed by atoms with van der Waals surface area (Å²) in [6.45, 7) is 4.79. The second kappa shape index (κ2) is 5.78. The van der Waals surface area contributed by atoms with Crippen LogP contribution in [0.15, 0.2) is 18.2 Å². The Morgan fingerprint density at radius 1 is 0.957 bits per heavy atom. The van der Waals surface area contributed by atoms with E-state index in [1.807, 2.05) is 6.07 Å². The van der Waals surface area contributed by atoms with Crippen molar-refractivity contribution in [2.45, 2.75) is 19.8 Å². The molecule has 0 radical (unpaired) electrons. The van der Waals surface area contributed by atoms with Gasteiger partial charge in [0.1, 0.15) is 0 Å². The van der Waals surface area contributed by atoms with Crippen LogP contribution in [0.2, 0.25) is 0 Å². The van der Waals surface area contributed by atoms with Crippen LogP contribution in [0.1, 0.15) is 28.2 Å². The fourth-order valence-electron chi connectivity index (χ4n) is 3.78. The van der Waals surface area contributed by atoms with Gasteiger partial charge in [-0.15, -0.1) is 0 Å². The van der Waals surface area contributed by atoms with Gasteiger partial charge in [0.15, 0.2) is 11.5 Å². The number of methoxy groups -OCH3 is 3. The van der Waals surface area contributed by atoms with E-state index in [9.17, 15) is 0 Å². The Bertz CT molecular complexity index is 768. The van der Waals surface area contributed by atoms with Crippen molar-refractivity contribution in [3.05, 3.63) is 40.5 Å². The molecule has 4 nitrogen and oxygen atoms in total. The van der Waals surface area contributed by atoms with Gasteiger partial charge in [0.05, 0.1) is 21.3 Å². The van der Waals surface area contributed by atoms with Gasteiger partial charge < -0.3 is 19.9 Å². The lowest BCUT2D eigenvalue weighted by molar-refractivity contribution is 0.325. The molecule has 2 aromatic carbocycles. The molecule has 1 atom stereocenters. The summed E-state index contributed by atoms with van der Waals surface area (Å²) in [5.41, 5.74) is 13.3. The second-order valence-corrected chi connectivity index (χ2v) is 5.94. The summed E-state index contributed by atoms with van der Waals surface area (Å²) in [5, 5.41) is 0. The lowest BCUT2D eigenvalue weighted by atomic mass is 9.92. The van der Waals surface area contributed by atoms with Gasteiger partial charge in [0.2, 0.25) is 5.75 Å². The highest BCUT2D eigenvalue weighted by atomic mass is 16.5. The predicted molar refractivity (Wildman–Crippen MR) is 91.9 cm³/mol. The first-order valence-electron chi connectivity index (χ1n) is 7.71. The van der Waals surface area contributed by atoms with E-state index in [0.717, 1.165) is 11.1 Å². The SMILES string of the molecule is COc1cc2c(c(OC)c1OC)-c1cc(C)cc(C)c1C2CN. The van der Waals surface area contributed by atoms with Crippen molar-refractivity contribution in [2.24, 2.45) is 5.73 Å². The van der Waals surface area contributed by atoms with Crippen LogP contribution in [0, 0.1) is 13.8 Å². The molecule has 0 aromatic heterocycles. The van der Waals surface area contributed by atoms with Crippen molar-refractivity contribution < 1.29 is 14.2 Å². The van der Waals surface area contributed by atoms with E-state index >= 15 is 0 Å². The molecule has 2 aromatic rings. The van der Waals surface area contributed by atoms with Crippen LogP contribution in [0.4, 0.5) is 0 Å². The fraction of sp³-hybridized carbons (Fsp3) is 0.368. The summed E-state index contributed by atoms with van der Waals surface area (Å²) in [7, 11) is 4.93. The van der Waals surface area contributed by atoms with Gasteiger partial charge in [0, 0.05) is 18.0 Å². The van der Waals surface area contributed by atoms with E-state index < -0.39 is 0 Å². The standard InChI is InChI=1S/C19H23NO3/c1-10-6-11(2)16-13(7-10)17-12(14(16)9-20)8-15(21-3)18(22-4)19(17)23-5/h6-8,14H,9,20H2,1-5H3. The second-order valence-electron chi connectivity index (χ2n) is 5.94. The Morgan fingerprint density at radius 2 is 1.65 bits per heavy atom. The Balaban J connectivity index is 2.42. The summed E-state index contributed by atoms with van der Waals surface area (Å²) in [5.74, 6) is 2.15. The quantitative estimate of drug-likeness (QED) is 0.940. The zero-order chi connectivity index (χ0) is 16.7. The Kier molecular flexibility index (Phi) is 3.94. The molecule has 0 bridgehead atoms. The van der Waals surface area contributed by atoms with Gasteiger partial charge in [-0.1, -0.05) is 17.7 Å². The molecule has 23 heavy (non-hydrogen) atoms. The number of hydrogen-bond acceptors (Lipinski definition) is 4. The third kappa shape index (κ3) is 2.17. The normalized spacial score (nSPS) is 15.1. The van der Waals surface area contributed by atoms with Crippen LogP contribution in [0.5, 0.6) is 17.2 Å². The van der Waals surface area contributed by atoms with Crippen LogP contribution in [-0.2, 0) is 0 Å². The maximum absolute atomic E-state index is 6.11. The van der Waals surface area contributed by atoms with Gasteiger partial charge in [0.25, 0.3) is 0 Å². The number of fused-ring (bicyclic) bond motifs is 3. The Morgan fingerprint density at radius 3 is 2.22 bits per heavy atom. The smallest absolute Gasteiger partial charge is 0.203 e. The van der Waals surface area contributed by atoms with Crippen molar-refractivity contribution in [3.63, 3.8) is 0 Å². The van der Waals surface area contributed by atoms with Gasteiger partial charge in [-0.2, -0.15) is 0 Å². The average Bonchev–Trinajstić information content (AvgIpc) is 2.86. The third-order valence-corrected chi connectivity index (χ3v) is 4.62. The summed E-state index contributed by atoms with van der Waals surface area (Å²) >= 11 is 0. The lowest BCUT2D eigenvalue weighted by Gasteiger charge is -2.18. The number of hydrogen-bond donors (Lipinski definition) is 1. The van der Waals surface area contributed by atoms with Crippen LogP contribution >= 0.6 is 0 Å². The molecule has 1 aliphatic carbocycles. The minimum Gasteiger partial charge on any atom is -0.493 e. The maximum Gasteiger partial charge on any atom is 0.203 e. The molecule has 1 aliphatic rings. The maximum atomic E-state index is 6.11. The largest absolute Gasteiger partial charge is 0.493 e. The number of aryl methyl sites for hydroxylation is 2. The highest BCUT2D eigenvalue weighted by molar-refractivity contribution is 5.88. The van der Waals surface area contributed by atoms with Gasteiger partial charge in [-0.05, 0) is 42.2 Å². The number of nitrogens with two attached hydrogens (primary N) is 1. The van der Waals surface area contributed by atoms with Gasteiger partial charge in [-0.3, -0.25) is 0 Å². The average molecular weight is 313 g/mol. The van der Waals surface area contributed by atoms with Crippen molar-refractivity contribution in [1.29, 1.82) is 0 Å². The molecule has 3 rings (SSSR count). The number of ether oxygens (including phenoxy) is 3. The first-order valence-corrected chi connectivity index (χ1v) is 7.71. The summed E-state index contributed by atoms with van der Waals surface area (Å²) in [6.07, 6.45) is 0. The predicted octanol–water partition coefficient (Wildman–Crippen LogP) is 3.40. The Hall–Kier alpha value is -2.20. The summed E-state index contributed by atoms with van der Waals surface area (Å²) < 4.78 is 16.8.